The van der Waals surface area contributed by atoms with E-state index in [9.17, 15) is 8.39 Å². The summed E-state index contributed by atoms with van der Waals surface area (Å²) >= 11 is 0. The standard InChI is InChI=1S/C10H13F2OP/c1-10(2,3)8-4-6-9(7-5-8)13-14(11)12/h4-7H,1-3H3. The van der Waals surface area contributed by atoms with E-state index in [1.54, 1.807) is 12.1 Å². The van der Waals surface area contributed by atoms with E-state index >= 15 is 0 Å². The Morgan fingerprint density at radius 1 is 1.07 bits per heavy atom. The van der Waals surface area contributed by atoms with E-state index in [0.717, 1.165) is 5.56 Å². The van der Waals surface area contributed by atoms with Gasteiger partial charge in [0.1, 0.15) is 5.75 Å². The van der Waals surface area contributed by atoms with Gasteiger partial charge in [-0.3, -0.25) is 0 Å². The minimum Gasteiger partial charge on any atom is -0.421 e. The molecule has 0 fully saturated rings. The van der Waals surface area contributed by atoms with Gasteiger partial charge in [-0.05, 0) is 23.1 Å². The summed E-state index contributed by atoms with van der Waals surface area (Å²) in [6.45, 7) is 6.21. The first kappa shape index (κ1) is 11.4. The number of hydrogen-bond donors (Lipinski definition) is 0. The lowest BCUT2D eigenvalue weighted by Gasteiger charge is -2.18. The fourth-order valence-corrected chi connectivity index (χ4v) is 1.38. The topological polar surface area (TPSA) is 9.23 Å². The first-order valence-corrected chi connectivity index (χ1v) is 5.34. The lowest BCUT2D eigenvalue weighted by atomic mass is 9.87. The summed E-state index contributed by atoms with van der Waals surface area (Å²) in [5.74, 6) is 0.231. The Labute approximate surface area is 84.2 Å². The van der Waals surface area contributed by atoms with Crippen molar-refractivity contribution in [3.8, 4) is 5.75 Å². The predicted octanol–water partition coefficient (Wildman–Crippen LogP) is 4.53. The van der Waals surface area contributed by atoms with Crippen LogP contribution in [0, 0.1) is 0 Å². The molecular formula is C10H13F2OP. The van der Waals surface area contributed by atoms with E-state index in [1.807, 2.05) is 12.1 Å². The van der Waals surface area contributed by atoms with Gasteiger partial charge in [-0.2, -0.15) is 0 Å². The van der Waals surface area contributed by atoms with Gasteiger partial charge in [0, 0.05) is 0 Å². The fraction of sp³-hybridized carbons (Fsp3) is 0.400. The first-order valence-electron chi connectivity index (χ1n) is 4.30. The second kappa shape index (κ2) is 4.22. The van der Waals surface area contributed by atoms with Crippen LogP contribution in [-0.4, -0.2) is 0 Å². The summed E-state index contributed by atoms with van der Waals surface area (Å²) in [6.07, 6.45) is 0. The van der Waals surface area contributed by atoms with Gasteiger partial charge >= 0.3 is 8.77 Å². The van der Waals surface area contributed by atoms with Crippen molar-refractivity contribution < 1.29 is 12.9 Å². The zero-order valence-corrected chi connectivity index (χ0v) is 9.32. The van der Waals surface area contributed by atoms with Crippen molar-refractivity contribution >= 4 is 8.77 Å². The van der Waals surface area contributed by atoms with Crippen LogP contribution in [-0.2, 0) is 5.41 Å². The van der Waals surface area contributed by atoms with E-state index in [1.165, 1.54) is 0 Å². The second-order valence-corrected chi connectivity index (χ2v) is 4.65. The van der Waals surface area contributed by atoms with E-state index in [0.29, 0.717) is 0 Å². The van der Waals surface area contributed by atoms with Crippen molar-refractivity contribution in [2.24, 2.45) is 0 Å². The van der Waals surface area contributed by atoms with Gasteiger partial charge in [0.25, 0.3) is 0 Å². The van der Waals surface area contributed by atoms with Crippen LogP contribution >= 0.6 is 8.77 Å². The lowest BCUT2D eigenvalue weighted by Crippen LogP contribution is -2.10. The number of rotatable bonds is 2. The quantitative estimate of drug-likeness (QED) is 0.662. The van der Waals surface area contributed by atoms with E-state index in [-0.39, 0.29) is 11.2 Å². The van der Waals surface area contributed by atoms with Gasteiger partial charge in [-0.1, -0.05) is 32.9 Å². The molecular weight excluding hydrogens is 205 g/mol. The number of hydrogen-bond acceptors (Lipinski definition) is 1. The summed E-state index contributed by atoms with van der Waals surface area (Å²) < 4.78 is 28.1. The highest BCUT2D eigenvalue weighted by atomic mass is 31.2. The van der Waals surface area contributed by atoms with Crippen molar-refractivity contribution in [3.63, 3.8) is 0 Å². The van der Waals surface area contributed by atoms with Gasteiger partial charge in [0.05, 0.1) is 0 Å². The third kappa shape index (κ3) is 3.22. The molecule has 0 aliphatic heterocycles. The molecule has 14 heavy (non-hydrogen) atoms. The summed E-state index contributed by atoms with van der Waals surface area (Å²) in [7, 11) is -3.31. The zero-order valence-electron chi connectivity index (χ0n) is 8.42. The largest absolute Gasteiger partial charge is 0.481 e. The molecule has 0 heterocycles. The van der Waals surface area contributed by atoms with Crippen molar-refractivity contribution in [1.29, 1.82) is 0 Å². The average Bonchev–Trinajstić information content (AvgIpc) is 2.02. The third-order valence-electron chi connectivity index (χ3n) is 1.89. The molecule has 1 rings (SSSR count). The Hall–Kier alpha value is -0.690. The number of benzene rings is 1. The summed E-state index contributed by atoms with van der Waals surface area (Å²) in [6, 6.07) is 6.78. The molecule has 0 aromatic heterocycles. The maximum absolute atomic E-state index is 11.9. The molecule has 0 saturated carbocycles. The molecule has 0 N–H and O–H groups in total. The molecule has 0 saturated heterocycles. The minimum absolute atomic E-state index is 0.0364. The molecule has 4 heteroatoms. The SMILES string of the molecule is CC(C)(C)c1ccc(OP(F)F)cc1. The van der Waals surface area contributed by atoms with Crippen molar-refractivity contribution in [1.82, 2.24) is 0 Å². The summed E-state index contributed by atoms with van der Waals surface area (Å²) in [5, 5.41) is 0. The van der Waals surface area contributed by atoms with Crippen molar-refractivity contribution in [2.45, 2.75) is 26.2 Å². The third-order valence-corrected chi connectivity index (χ3v) is 2.24. The molecule has 0 radical (unpaired) electrons. The molecule has 0 atom stereocenters. The Morgan fingerprint density at radius 3 is 1.93 bits per heavy atom. The van der Waals surface area contributed by atoms with Gasteiger partial charge in [-0.25, -0.2) is 0 Å². The van der Waals surface area contributed by atoms with Crippen molar-refractivity contribution in [2.75, 3.05) is 0 Å². The molecule has 1 aromatic carbocycles. The predicted molar refractivity (Wildman–Crippen MR) is 54.9 cm³/mol. The molecule has 0 amide bonds. The lowest BCUT2D eigenvalue weighted by molar-refractivity contribution is 0.506. The van der Waals surface area contributed by atoms with Crippen LogP contribution in [0.15, 0.2) is 24.3 Å². The Kier molecular flexibility index (Phi) is 3.43. The van der Waals surface area contributed by atoms with Gasteiger partial charge in [0.15, 0.2) is 0 Å². The zero-order chi connectivity index (χ0) is 10.8. The van der Waals surface area contributed by atoms with Gasteiger partial charge < -0.3 is 4.52 Å². The van der Waals surface area contributed by atoms with E-state index in [2.05, 4.69) is 25.3 Å². The molecule has 0 unspecified atom stereocenters. The normalized spacial score (nSPS) is 11.9. The van der Waals surface area contributed by atoms with Crippen LogP contribution in [0.3, 0.4) is 0 Å². The highest BCUT2D eigenvalue weighted by Gasteiger charge is 2.14. The van der Waals surface area contributed by atoms with Crippen LogP contribution < -0.4 is 4.52 Å². The summed E-state index contributed by atoms with van der Waals surface area (Å²) in [4.78, 5) is 0. The van der Waals surface area contributed by atoms with E-state index < -0.39 is 8.77 Å². The Morgan fingerprint density at radius 2 is 1.57 bits per heavy atom. The first-order chi connectivity index (χ1) is 6.39. The molecule has 1 nitrogen and oxygen atoms in total. The molecule has 1 aromatic rings. The number of halogens is 2. The molecule has 0 bridgehead atoms. The van der Waals surface area contributed by atoms with Crippen molar-refractivity contribution in [3.05, 3.63) is 29.8 Å². The molecule has 0 aliphatic carbocycles. The van der Waals surface area contributed by atoms with Gasteiger partial charge in [-0.15, -0.1) is 8.39 Å². The monoisotopic (exact) mass is 218 g/mol. The fourth-order valence-electron chi connectivity index (χ4n) is 1.10. The second-order valence-electron chi connectivity index (χ2n) is 4.07. The van der Waals surface area contributed by atoms with Crippen LogP contribution in [0.25, 0.3) is 0 Å². The smallest absolute Gasteiger partial charge is 0.421 e. The van der Waals surface area contributed by atoms with Crippen LogP contribution in [0.5, 0.6) is 5.75 Å². The molecule has 0 spiro atoms. The maximum Gasteiger partial charge on any atom is 0.481 e. The van der Waals surface area contributed by atoms with Crippen LogP contribution in [0.4, 0.5) is 8.39 Å². The summed E-state index contributed by atoms with van der Waals surface area (Å²) in [5.41, 5.74) is 1.14. The molecule has 78 valence electrons. The Bertz CT molecular complexity index is 290. The average molecular weight is 218 g/mol. The van der Waals surface area contributed by atoms with E-state index in [4.69, 9.17) is 0 Å². The molecule has 0 aliphatic rings. The van der Waals surface area contributed by atoms with Crippen LogP contribution in [0.2, 0.25) is 0 Å². The highest BCUT2D eigenvalue weighted by Crippen LogP contribution is 2.40. The highest BCUT2D eigenvalue weighted by molar-refractivity contribution is 7.41. The minimum atomic E-state index is -3.31. The van der Waals surface area contributed by atoms with Crippen LogP contribution in [0.1, 0.15) is 26.3 Å². The maximum atomic E-state index is 11.9. The van der Waals surface area contributed by atoms with Gasteiger partial charge in [0.2, 0.25) is 0 Å². The Balaban J connectivity index is 2.79.